The summed E-state index contributed by atoms with van der Waals surface area (Å²) in [7, 11) is -3.47. The van der Waals surface area contributed by atoms with Crippen molar-refractivity contribution in [3.05, 3.63) is 83.9 Å². The molecule has 1 fully saturated rings. The normalized spacial score (nSPS) is 15.9. The lowest BCUT2D eigenvalue weighted by Crippen LogP contribution is -2.48. The Bertz CT molecular complexity index is 1100. The van der Waals surface area contributed by atoms with Gasteiger partial charge in [0.15, 0.2) is 0 Å². The lowest BCUT2D eigenvalue weighted by atomic mass is 10.0. The molecule has 0 bridgehead atoms. The number of phenolic OH excluding ortho intramolecular Hbond substituents is 1. The van der Waals surface area contributed by atoms with Crippen LogP contribution in [0, 0.1) is 6.92 Å². The van der Waals surface area contributed by atoms with Gasteiger partial charge in [0, 0.05) is 38.3 Å². The highest BCUT2D eigenvalue weighted by Gasteiger charge is 2.28. The molecule has 1 saturated heterocycles. The lowest BCUT2D eigenvalue weighted by molar-refractivity contribution is 0.180. The van der Waals surface area contributed by atoms with E-state index in [2.05, 4.69) is 4.90 Å². The maximum atomic E-state index is 12.9. The molecule has 1 aliphatic heterocycles. The van der Waals surface area contributed by atoms with Crippen molar-refractivity contribution in [2.45, 2.75) is 18.4 Å². The Kier molecular flexibility index (Phi) is 5.90. The van der Waals surface area contributed by atoms with Crippen molar-refractivity contribution in [3.63, 3.8) is 0 Å². The number of nitrogens with zero attached hydrogens (tertiary/aromatic N) is 2. The van der Waals surface area contributed by atoms with Crippen LogP contribution < -0.4 is 0 Å². The summed E-state index contributed by atoms with van der Waals surface area (Å²) < 4.78 is 27.3. The van der Waals surface area contributed by atoms with Crippen LogP contribution in [0.1, 0.15) is 11.1 Å². The molecule has 0 saturated carbocycles. The van der Waals surface area contributed by atoms with Gasteiger partial charge in [-0.25, -0.2) is 8.42 Å². The van der Waals surface area contributed by atoms with Crippen LogP contribution in [0.2, 0.25) is 0 Å². The topological polar surface area (TPSA) is 60.9 Å². The van der Waals surface area contributed by atoms with Gasteiger partial charge in [0.25, 0.3) is 0 Å². The van der Waals surface area contributed by atoms with Gasteiger partial charge in [0.05, 0.1) is 4.90 Å². The number of aromatic hydroxyl groups is 1. The molecule has 1 aliphatic rings. The van der Waals surface area contributed by atoms with E-state index in [0.717, 1.165) is 22.3 Å². The highest BCUT2D eigenvalue weighted by atomic mass is 32.2. The molecule has 0 radical (unpaired) electrons. The van der Waals surface area contributed by atoms with E-state index in [1.165, 1.54) is 0 Å². The molecule has 1 heterocycles. The average molecular weight is 423 g/mol. The van der Waals surface area contributed by atoms with Gasteiger partial charge in [-0.2, -0.15) is 4.31 Å². The zero-order valence-electron chi connectivity index (χ0n) is 17.0. The molecule has 0 spiro atoms. The summed E-state index contributed by atoms with van der Waals surface area (Å²) >= 11 is 0. The van der Waals surface area contributed by atoms with Crippen molar-refractivity contribution in [3.8, 4) is 16.9 Å². The van der Waals surface area contributed by atoms with Crippen molar-refractivity contribution >= 4 is 10.0 Å². The minimum absolute atomic E-state index is 0.268. The van der Waals surface area contributed by atoms with E-state index in [1.807, 2.05) is 61.5 Å². The first kappa shape index (κ1) is 20.6. The predicted octanol–water partition coefficient (Wildman–Crippen LogP) is 3.87. The van der Waals surface area contributed by atoms with Crippen LogP contribution in [0.15, 0.2) is 77.7 Å². The third-order valence-corrected chi connectivity index (χ3v) is 7.48. The highest BCUT2D eigenvalue weighted by Crippen LogP contribution is 2.27. The third-order valence-electron chi connectivity index (χ3n) is 5.57. The summed E-state index contributed by atoms with van der Waals surface area (Å²) in [6.45, 7) is 4.66. The van der Waals surface area contributed by atoms with Crippen molar-refractivity contribution in [1.29, 1.82) is 0 Å². The number of hydrogen-bond acceptors (Lipinski definition) is 4. The van der Waals surface area contributed by atoms with E-state index in [9.17, 15) is 13.5 Å². The molecule has 0 amide bonds. The molecule has 4 rings (SSSR count). The Morgan fingerprint density at radius 2 is 1.50 bits per heavy atom. The molecule has 3 aromatic rings. The van der Waals surface area contributed by atoms with Gasteiger partial charge < -0.3 is 5.11 Å². The zero-order chi connectivity index (χ0) is 21.1. The maximum Gasteiger partial charge on any atom is 0.243 e. The molecular formula is C24H26N2O3S. The number of phenols is 1. The molecule has 5 nitrogen and oxygen atoms in total. The smallest absolute Gasteiger partial charge is 0.243 e. The fraction of sp³-hybridized carbons (Fsp3) is 0.250. The second-order valence-corrected chi connectivity index (χ2v) is 9.64. The summed E-state index contributed by atoms with van der Waals surface area (Å²) in [6, 6.07) is 22.7. The number of sulfonamides is 1. The van der Waals surface area contributed by atoms with Crippen LogP contribution >= 0.6 is 0 Å². The predicted molar refractivity (Wildman–Crippen MR) is 119 cm³/mol. The first-order valence-corrected chi connectivity index (χ1v) is 11.5. The molecule has 1 N–H and O–H groups in total. The van der Waals surface area contributed by atoms with Gasteiger partial charge in [-0.05, 0) is 42.3 Å². The zero-order valence-corrected chi connectivity index (χ0v) is 17.8. The first-order chi connectivity index (χ1) is 14.4. The summed E-state index contributed by atoms with van der Waals surface area (Å²) in [6.07, 6.45) is 0. The molecule has 6 heteroatoms. The van der Waals surface area contributed by atoms with Crippen LogP contribution in [-0.2, 0) is 16.6 Å². The Hall–Kier alpha value is -2.67. The summed E-state index contributed by atoms with van der Waals surface area (Å²) in [5.41, 5.74) is 4.05. The molecule has 0 aliphatic carbocycles. The highest BCUT2D eigenvalue weighted by molar-refractivity contribution is 7.89. The van der Waals surface area contributed by atoms with Crippen LogP contribution in [-0.4, -0.2) is 48.9 Å². The second kappa shape index (κ2) is 8.60. The number of rotatable bonds is 5. The number of benzene rings is 3. The van der Waals surface area contributed by atoms with E-state index in [1.54, 1.807) is 22.5 Å². The minimum Gasteiger partial charge on any atom is -0.508 e. The Balaban J connectivity index is 1.43. The molecule has 0 atom stereocenters. The summed E-state index contributed by atoms with van der Waals surface area (Å²) in [5.74, 6) is 0.268. The van der Waals surface area contributed by atoms with Gasteiger partial charge in [-0.15, -0.1) is 0 Å². The van der Waals surface area contributed by atoms with E-state index in [0.29, 0.717) is 37.6 Å². The van der Waals surface area contributed by atoms with Crippen molar-refractivity contribution in [2.75, 3.05) is 26.2 Å². The van der Waals surface area contributed by atoms with Crippen molar-refractivity contribution in [1.82, 2.24) is 9.21 Å². The van der Waals surface area contributed by atoms with Crippen LogP contribution in [0.25, 0.3) is 11.1 Å². The molecule has 0 unspecified atom stereocenters. The van der Waals surface area contributed by atoms with Gasteiger partial charge in [0.2, 0.25) is 10.0 Å². The Labute approximate surface area is 178 Å². The monoisotopic (exact) mass is 422 g/mol. The SMILES string of the molecule is Cc1ccc(S(=O)(=O)N2CCN(Cc3cc(-c4ccccc4)ccc3O)CC2)cc1. The van der Waals surface area contributed by atoms with Crippen molar-refractivity contribution < 1.29 is 13.5 Å². The third kappa shape index (κ3) is 4.41. The van der Waals surface area contributed by atoms with Gasteiger partial charge >= 0.3 is 0 Å². The van der Waals surface area contributed by atoms with Crippen LogP contribution in [0.4, 0.5) is 0 Å². The Morgan fingerprint density at radius 1 is 0.833 bits per heavy atom. The number of hydrogen-bond donors (Lipinski definition) is 1. The standard InChI is InChI=1S/C24H26N2O3S/c1-19-7-10-23(11-8-19)30(28,29)26-15-13-25(14-16-26)18-22-17-21(9-12-24(22)27)20-5-3-2-4-6-20/h2-12,17,27H,13-16,18H2,1H3. The fourth-order valence-electron chi connectivity index (χ4n) is 3.75. The molecule has 156 valence electrons. The number of aryl methyl sites for hydroxylation is 1. The second-order valence-electron chi connectivity index (χ2n) is 7.70. The molecule has 3 aromatic carbocycles. The number of piperazine rings is 1. The van der Waals surface area contributed by atoms with Gasteiger partial charge in [0.1, 0.15) is 5.75 Å². The summed E-state index contributed by atoms with van der Waals surface area (Å²) in [4.78, 5) is 2.53. The van der Waals surface area contributed by atoms with E-state index in [4.69, 9.17) is 0 Å². The Morgan fingerprint density at radius 3 is 2.17 bits per heavy atom. The van der Waals surface area contributed by atoms with Crippen LogP contribution in [0.5, 0.6) is 5.75 Å². The van der Waals surface area contributed by atoms with Gasteiger partial charge in [-0.1, -0.05) is 54.1 Å². The molecule has 30 heavy (non-hydrogen) atoms. The fourth-order valence-corrected chi connectivity index (χ4v) is 5.17. The van der Waals surface area contributed by atoms with E-state index in [-0.39, 0.29) is 5.75 Å². The van der Waals surface area contributed by atoms with E-state index < -0.39 is 10.0 Å². The quantitative estimate of drug-likeness (QED) is 0.678. The summed E-state index contributed by atoms with van der Waals surface area (Å²) in [5, 5.41) is 10.3. The first-order valence-electron chi connectivity index (χ1n) is 10.1. The van der Waals surface area contributed by atoms with Crippen LogP contribution in [0.3, 0.4) is 0 Å². The average Bonchev–Trinajstić information content (AvgIpc) is 2.76. The van der Waals surface area contributed by atoms with E-state index >= 15 is 0 Å². The lowest BCUT2D eigenvalue weighted by Gasteiger charge is -2.34. The molecular weight excluding hydrogens is 396 g/mol. The molecule has 0 aromatic heterocycles. The minimum atomic E-state index is -3.47. The van der Waals surface area contributed by atoms with Crippen molar-refractivity contribution in [2.24, 2.45) is 0 Å². The maximum absolute atomic E-state index is 12.9. The largest absolute Gasteiger partial charge is 0.508 e. The van der Waals surface area contributed by atoms with Gasteiger partial charge in [-0.3, -0.25) is 4.90 Å².